The van der Waals surface area contributed by atoms with Crippen molar-refractivity contribution in [2.45, 2.75) is 41.7 Å². The molecule has 1 unspecified atom stereocenters. The number of amides is 1. The molecule has 3 rings (SSSR count). The van der Waals surface area contributed by atoms with Crippen LogP contribution in [0.3, 0.4) is 0 Å². The average Bonchev–Trinajstić information content (AvgIpc) is 2.98. The molecule has 1 atom stereocenters. The fourth-order valence-electron chi connectivity index (χ4n) is 4.15. The molecule has 1 amide bonds. The summed E-state index contributed by atoms with van der Waals surface area (Å²) in [6, 6.07) is 3.09. The topological polar surface area (TPSA) is 95.5 Å². The molecule has 0 aromatic heterocycles. The van der Waals surface area contributed by atoms with Gasteiger partial charge in [0.15, 0.2) is 14.6 Å². The Hall–Kier alpha value is -1.22. The average molecular weight is 391 g/mol. The molecule has 1 heterocycles. The fraction of sp³-hybridized carbons (Fsp3) is 0.562. The summed E-state index contributed by atoms with van der Waals surface area (Å²) in [5.41, 5.74) is 1.28. The molecule has 6 nitrogen and oxygen atoms in total. The van der Waals surface area contributed by atoms with E-state index in [-0.39, 0.29) is 28.2 Å². The van der Waals surface area contributed by atoms with Gasteiger partial charge in [-0.1, -0.05) is 11.6 Å². The van der Waals surface area contributed by atoms with Crippen LogP contribution >= 0.6 is 11.6 Å². The van der Waals surface area contributed by atoms with E-state index in [1.54, 1.807) is 0 Å². The lowest BCUT2D eigenvalue weighted by molar-refractivity contribution is -0.132. The van der Waals surface area contributed by atoms with E-state index in [1.165, 1.54) is 5.48 Å². The number of hydrogen-bond acceptors (Lipinski definition) is 5. The zero-order valence-electron chi connectivity index (χ0n) is 13.5. The van der Waals surface area contributed by atoms with Crippen LogP contribution in [0.2, 0.25) is 5.02 Å². The third-order valence-corrected chi connectivity index (χ3v) is 8.34. The molecule has 1 spiro atoms. The maximum Gasteiger partial charge on any atom is 0.265 e. The van der Waals surface area contributed by atoms with Crippen LogP contribution in [0.5, 0.6) is 0 Å². The highest BCUT2D eigenvalue weighted by Gasteiger charge is 2.60. The molecule has 2 fully saturated rings. The summed E-state index contributed by atoms with van der Waals surface area (Å²) in [5.74, 6) is -1.68. The third kappa shape index (κ3) is 2.95. The highest BCUT2D eigenvalue weighted by atomic mass is 35.5. The van der Waals surface area contributed by atoms with Crippen LogP contribution in [-0.2, 0) is 14.6 Å². The van der Waals surface area contributed by atoms with Gasteiger partial charge in [-0.2, -0.15) is 0 Å². The van der Waals surface area contributed by atoms with Crippen LogP contribution in [0.1, 0.15) is 32.1 Å². The lowest BCUT2D eigenvalue weighted by Gasteiger charge is -2.36. The first kappa shape index (κ1) is 18.6. The normalized spacial score (nSPS) is 25.9. The lowest BCUT2D eigenvalue weighted by Crippen LogP contribution is -2.51. The standard InChI is InChI=1S/C16H20ClFN2O4S/c17-12-9-11(1-2-13(12)18)25(23,24)16(14(21)20-22)4-3-15(10-16)5-7-19-8-6-15/h1-2,9,19,22H,3-8,10H2,(H,20,21). The molecule has 1 aliphatic heterocycles. The van der Waals surface area contributed by atoms with Gasteiger partial charge in [0.2, 0.25) is 0 Å². The number of carbonyl (C=O) groups excluding carboxylic acids is 1. The molecular weight excluding hydrogens is 371 g/mol. The third-order valence-electron chi connectivity index (χ3n) is 5.62. The van der Waals surface area contributed by atoms with Crippen molar-refractivity contribution < 1.29 is 22.8 Å². The Morgan fingerprint density at radius 2 is 1.92 bits per heavy atom. The molecular formula is C16H20ClFN2O4S. The number of piperidine rings is 1. The van der Waals surface area contributed by atoms with Crippen molar-refractivity contribution in [1.29, 1.82) is 0 Å². The number of hydrogen-bond donors (Lipinski definition) is 3. The fourth-order valence-corrected chi connectivity index (χ4v) is 6.52. The van der Waals surface area contributed by atoms with E-state index >= 15 is 0 Å². The molecule has 3 N–H and O–H groups in total. The van der Waals surface area contributed by atoms with Crippen molar-refractivity contribution in [3.63, 3.8) is 0 Å². The Balaban J connectivity index is 2.07. The van der Waals surface area contributed by atoms with Crippen LogP contribution in [0.4, 0.5) is 4.39 Å². The second kappa shape index (κ2) is 6.50. The minimum atomic E-state index is -4.17. The summed E-state index contributed by atoms with van der Waals surface area (Å²) in [7, 11) is -4.17. The van der Waals surface area contributed by atoms with Gasteiger partial charge in [-0.05, 0) is 68.8 Å². The number of sulfone groups is 1. The number of halogens is 2. The van der Waals surface area contributed by atoms with E-state index in [4.69, 9.17) is 11.6 Å². The van der Waals surface area contributed by atoms with Gasteiger partial charge in [0.1, 0.15) is 5.82 Å². The molecule has 1 saturated heterocycles. The van der Waals surface area contributed by atoms with E-state index < -0.39 is 26.3 Å². The molecule has 1 saturated carbocycles. The van der Waals surface area contributed by atoms with E-state index in [2.05, 4.69) is 5.32 Å². The molecule has 25 heavy (non-hydrogen) atoms. The van der Waals surface area contributed by atoms with Gasteiger partial charge < -0.3 is 5.32 Å². The van der Waals surface area contributed by atoms with Gasteiger partial charge in [0.25, 0.3) is 5.91 Å². The Labute approximate surface area is 150 Å². The molecule has 1 aromatic rings. The molecule has 1 aromatic carbocycles. The molecule has 138 valence electrons. The largest absolute Gasteiger partial charge is 0.317 e. The Morgan fingerprint density at radius 1 is 1.24 bits per heavy atom. The SMILES string of the molecule is O=C(NO)C1(S(=O)(=O)c2ccc(F)c(Cl)c2)CCC2(CCNCC2)C1. The van der Waals surface area contributed by atoms with Crippen molar-refractivity contribution in [1.82, 2.24) is 10.8 Å². The van der Waals surface area contributed by atoms with E-state index in [0.29, 0.717) is 6.42 Å². The monoisotopic (exact) mass is 390 g/mol. The highest BCUT2D eigenvalue weighted by Crippen LogP contribution is 2.54. The van der Waals surface area contributed by atoms with Crippen LogP contribution in [0, 0.1) is 11.2 Å². The van der Waals surface area contributed by atoms with Crippen LogP contribution in [0.15, 0.2) is 23.1 Å². The Morgan fingerprint density at radius 3 is 2.52 bits per heavy atom. The minimum absolute atomic E-state index is 0.108. The smallest absolute Gasteiger partial charge is 0.265 e. The van der Waals surface area contributed by atoms with E-state index in [0.717, 1.165) is 44.1 Å². The first-order chi connectivity index (χ1) is 11.8. The van der Waals surface area contributed by atoms with Crippen LogP contribution in [-0.4, -0.2) is 37.4 Å². The van der Waals surface area contributed by atoms with Gasteiger partial charge in [-0.25, -0.2) is 18.3 Å². The second-order valence-electron chi connectivity index (χ2n) is 6.94. The number of nitrogens with one attached hydrogen (secondary N) is 2. The summed E-state index contributed by atoms with van der Waals surface area (Å²) in [6.07, 6.45) is 2.36. The summed E-state index contributed by atoms with van der Waals surface area (Å²) < 4.78 is 38.2. The van der Waals surface area contributed by atoms with Gasteiger partial charge in [-0.15, -0.1) is 0 Å². The van der Waals surface area contributed by atoms with Gasteiger partial charge in [-0.3, -0.25) is 10.0 Å². The Kier molecular flexibility index (Phi) is 4.83. The minimum Gasteiger partial charge on any atom is -0.317 e. The predicted molar refractivity (Wildman–Crippen MR) is 89.6 cm³/mol. The summed E-state index contributed by atoms with van der Waals surface area (Å²) in [6.45, 7) is 1.53. The van der Waals surface area contributed by atoms with Crippen molar-refractivity contribution >= 4 is 27.3 Å². The van der Waals surface area contributed by atoms with E-state index in [9.17, 15) is 22.8 Å². The predicted octanol–water partition coefficient (Wildman–Crippen LogP) is 2.05. The molecule has 0 radical (unpaired) electrons. The molecule has 0 bridgehead atoms. The van der Waals surface area contributed by atoms with Gasteiger partial charge in [0, 0.05) is 0 Å². The van der Waals surface area contributed by atoms with Crippen molar-refractivity contribution in [3.05, 3.63) is 29.0 Å². The first-order valence-electron chi connectivity index (χ1n) is 8.11. The summed E-state index contributed by atoms with van der Waals surface area (Å²) >= 11 is 5.73. The first-order valence-corrected chi connectivity index (χ1v) is 9.97. The Bertz CT molecular complexity index is 795. The van der Waals surface area contributed by atoms with Gasteiger partial charge >= 0.3 is 0 Å². The maximum absolute atomic E-state index is 13.4. The molecule has 1 aliphatic carbocycles. The number of hydroxylamine groups is 1. The highest BCUT2D eigenvalue weighted by molar-refractivity contribution is 7.93. The number of benzene rings is 1. The zero-order chi connectivity index (χ0) is 18.3. The maximum atomic E-state index is 13.4. The van der Waals surface area contributed by atoms with Crippen molar-refractivity contribution in [3.8, 4) is 0 Å². The zero-order valence-corrected chi connectivity index (χ0v) is 15.1. The second-order valence-corrected chi connectivity index (χ2v) is 9.61. The van der Waals surface area contributed by atoms with Gasteiger partial charge in [0.05, 0.1) is 9.92 Å². The molecule has 9 heteroatoms. The van der Waals surface area contributed by atoms with Crippen molar-refractivity contribution in [2.75, 3.05) is 13.1 Å². The lowest BCUT2D eigenvalue weighted by atomic mass is 9.77. The quantitative estimate of drug-likeness (QED) is 0.417. The molecule has 2 aliphatic rings. The summed E-state index contributed by atoms with van der Waals surface area (Å²) in [4.78, 5) is 12.3. The van der Waals surface area contributed by atoms with Crippen LogP contribution < -0.4 is 10.8 Å². The van der Waals surface area contributed by atoms with E-state index in [1.807, 2.05) is 0 Å². The summed E-state index contributed by atoms with van der Waals surface area (Å²) in [5, 5.41) is 12.1. The van der Waals surface area contributed by atoms with Crippen molar-refractivity contribution in [2.24, 2.45) is 5.41 Å². The van der Waals surface area contributed by atoms with Crippen LogP contribution in [0.25, 0.3) is 0 Å². The number of rotatable bonds is 3. The number of carbonyl (C=O) groups is 1.